The highest BCUT2D eigenvalue weighted by Gasteiger charge is 2.27. The summed E-state index contributed by atoms with van der Waals surface area (Å²) in [6, 6.07) is 11.6. The Morgan fingerprint density at radius 3 is 2.33 bits per heavy atom. The van der Waals surface area contributed by atoms with Crippen LogP contribution >= 0.6 is 0 Å². The molecule has 0 saturated carbocycles. The van der Waals surface area contributed by atoms with Gasteiger partial charge in [-0.1, -0.05) is 56.2 Å². The van der Waals surface area contributed by atoms with Gasteiger partial charge >= 0.3 is 5.97 Å². The summed E-state index contributed by atoms with van der Waals surface area (Å²) in [5.74, 6) is -3.02. The van der Waals surface area contributed by atoms with Crippen LogP contribution in [0, 0.1) is 0 Å². The van der Waals surface area contributed by atoms with Gasteiger partial charge in [-0.05, 0) is 36.1 Å². The van der Waals surface area contributed by atoms with Crippen LogP contribution in [0.1, 0.15) is 37.3 Å². The summed E-state index contributed by atoms with van der Waals surface area (Å²) < 4.78 is 5.25. The fourth-order valence-corrected chi connectivity index (χ4v) is 4.19. The molecule has 0 fully saturated rings. The first-order chi connectivity index (χ1) is 19.1. The molecule has 0 saturated heterocycles. The predicted octanol–water partition coefficient (Wildman–Crippen LogP) is 1.02. The highest BCUT2D eigenvalue weighted by molar-refractivity contribution is 5.90. The SMILES string of the molecule is CCCCCNC(=O)C(Cc1ccc(OCC(=O)O)c(-c2c(O)c(=O)c2=O)c1)NC(=O)C(N)Cc1ccccc1. The molecule has 212 valence electrons. The third kappa shape index (κ3) is 7.76. The van der Waals surface area contributed by atoms with Gasteiger partial charge in [0.25, 0.3) is 5.43 Å². The van der Waals surface area contributed by atoms with E-state index in [0.717, 1.165) is 24.8 Å². The minimum atomic E-state index is -1.27. The molecule has 3 rings (SSSR count). The molecule has 0 aliphatic carbocycles. The Hall–Kier alpha value is -4.51. The zero-order valence-corrected chi connectivity index (χ0v) is 22.1. The summed E-state index contributed by atoms with van der Waals surface area (Å²) in [7, 11) is 0. The molecule has 0 radical (unpaired) electrons. The minimum Gasteiger partial charge on any atom is -0.503 e. The number of carbonyl (C=O) groups excluding carboxylic acids is 2. The number of hydrogen-bond donors (Lipinski definition) is 5. The predicted molar refractivity (Wildman–Crippen MR) is 148 cm³/mol. The molecule has 40 heavy (non-hydrogen) atoms. The van der Waals surface area contributed by atoms with Crippen LogP contribution in [0.15, 0.2) is 58.1 Å². The van der Waals surface area contributed by atoms with Crippen molar-refractivity contribution in [3.8, 4) is 22.6 Å². The van der Waals surface area contributed by atoms with Crippen molar-refractivity contribution in [3.63, 3.8) is 0 Å². The van der Waals surface area contributed by atoms with Gasteiger partial charge < -0.3 is 31.3 Å². The average Bonchev–Trinajstić information content (AvgIpc) is 2.94. The average molecular weight is 552 g/mol. The lowest BCUT2D eigenvalue weighted by atomic mass is 9.94. The molecule has 0 aliphatic heterocycles. The van der Waals surface area contributed by atoms with Gasteiger partial charge in [-0.25, -0.2) is 4.79 Å². The highest BCUT2D eigenvalue weighted by Crippen LogP contribution is 2.34. The van der Waals surface area contributed by atoms with E-state index in [9.17, 15) is 29.1 Å². The van der Waals surface area contributed by atoms with E-state index in [2.05, 4.69) is 10.6 Å². The Morgan fingerprint density at radius 1 is 0.950 bits per heavy atom. The minimum absolute atomic E-state index is 0.00931. The monoisotopic (exact) mass is 551 g/mol. The maximum absolute atomic E-state index is 13.1. The Kier molecular flexibility index (Phi) is 10.5. The summed E-state index contributed by atoms with van der Waals surface area (Å²) >= 11 is 0. The number of nitrogens with one attached hydrogen (secondary N) is 2. The first-order valence-electron chi connectivity index (χ1n) is 13.0. The van der Waals surface area contributed by atoms with Crippen LogP contribution in [0.5, 0.6) is 11.5 Å². The lowest BCUT2D eigenvalue weighted by molar-refractivity contribution is -0.139. The standard InChI is InChI=1S/C29H33N3O8/c1-2-3-7-12-31-29(39)21(32-28(38)20(30)14-17-8-5-4-6-9-17)15-18-10-11-22(40-16-23(33)34)19(13-18)24-25(35)27(37)26(24)36/h4-6,8-11,13,20-21,35H,2-3,7,12,14-16,30H2,1H3,(H,31,39)(H,32,38)(H,33,34). The van der Waals surface area contributed by atoms with Crippen molar-refractivity contribution >= 4 is 17.8 Å². The Balaban J connectivity index is 1.86. The zero-order chi connectivity index (χ0) is 29.2. The van der Waals surface area contributed by atoms with Crippen LogP contribution in [0.25, 0.3) is 11.1 Å². The second-order valence-corrected chi connectivity index (χ2v) is 9.45. The normalized spacial score (nSPS) is 12.4. The number of hydrogen-bond acceptors (Lipinski definition) is 8. The molecule has 0 bridgehead atoms. The molecule has 3 aromatic carbocycles. The van der Waals surface area contributed by atoms with E-state index < -0.39 is 53.1 Å². The molecule has 3 aromatic rings. The van der Waals surface area contributed by atoms with E-state index in [4.69, 9.17) is 15.6 Å². The van der Waals surface area contributed by atoms with Gasteiger partial charge in [-0.3, -0.25) is 19.2 Å². The molecular formula is C29H33N3O8. The van der Waals surface area contributed by atoms with E-state index in [0.29, 0.717) is 12.1 Å². The van der Waals surface area contributed by atoms with Crippen molar-refractivity contribution < 1.29 is 29.3 Å². The van der Waals surface area contributed by atoms with Crippen LogP contribution in [0.4, 0.5) is 0 Å². The number of ether oxygens (including phenoxy) is 1. The molecule has 2 amide bonds. The summed E-state index contributed by atoms with van der Waals surface area (Å²) in [5, 5.41) is 24.5. The number of rotatable bonds is 15. The molecule has 0 heterocycles. The molecule has 6 N–H and O–H groups in total. The van der Waals surface area contributed by atoms with E-state index in [1.54, 1.807) is 0 Å². The van der Waals surface area contributed by atoms with Crippen molar-refractivity contribution in [2.24, 2.45) is 5.73 Å². The Morgan fingerprint density at radius 2 is 1.68 bits per heavy atom. The number of carboxylic acids is 1. The summed E-state index contributed by atoms with van der Waals surface area (Å²) in [6.45, 7) is 1.73. The molecule has 2 atom stereocenters. The molecule has 2 unspecified atom stereocenters. The largest absolute Gasteiger partial charge is 0.503 e. The van der Waals surface area contributed by atoms with E-state index in [1.807, 2.05) is 37.3 Å². The molecular weight excluding hydrogens is 518 g/mol. The van der Waals surface area contributed by atoms with Gasteiger partial charge in [-0.15, -0.1) is 0 Å². The first-order valence-corrected chi connectivity index (χ1v) is 13.0. The number of unbranched alkanes of at least 4 members (excludes halogenated alkanes) is 2. The lowest BCUT2D eigenvalue weighted by Crippen LogP contribution is -2.53. The number of nitrogens with two attached hydrogens (primary N) is 1. The number of amides is 2. The van der Waals surface area contributed by atoms with Gasteiger partial charge in [0.1, 0.15) is 11.8 Å². The number of carbonyl (C=O) groups is 3. The number of benzene rings is 2. The summed E-state index contributed by atoms with van der Waals surface area (Å²) in [4.78, 5) is 60.9. The number of aromatic hydroxyl groups is 1. The molecule has 11 heteroatoms. The lowest BCUT2D eigenvalue weighted by Gasteiger charge is -2.22. The zero-order valence-electron chi connectivity index (χ0n) is 22.1. The maximum Gasteiger partial charge on any atom is 0.341 e. The molecule has 0 aliphatic rings. The molecule has 11 nitrogen and oxygen atoms in total. The first kappa shape index (κ1) is 30.0. The topological polar surface area (TPSA) is 185 Å². The van der Waals surface area contributed by atoms with Crippen molar-refractivity contribution in [1.29, 1.82) is 0 Å². The van der Waals surface area contributed by atoms with Crippen molar-refractivity contribution in [2.75, 3.05) is 13.2 Å². The van der Waals surface area contributed by atoms with Gasteiger partial charge in [0.2, 0.25) is 17.2 Å². The van der Waals surface area contributed by atoms with Gasteiger partial charge in [-0.2, -0.15) is 0 Å². The third-order valence-electron chi connectivity index (χ3n) is 6.34. The summed E-state index contributed by atoms with van der Waals surface area (Å²) in [5.41, 5.74) is 5.15. The van der Waals surface area contributed by atoms with Crippen LogP contribution in [-0.4, -0.2) is 53.2 Å². The van der Waals surface area contributed by atoms with E-state index in [1.165, 1.54) is 18.2 Å². The highest BCUT2D eigenvalue weighted by atomic mass is 16.5. The second kappa shape index (κ2) is 14.0. The number of carboxylic acid groups (broad SMARTS) is 1. The Bertz CT molecular complexity index is 1410. The van der Waals surface area contributed by atoms with Gasteiger partial charge in [0.05, 0.1) is 11.6 Å². The van der Waals surface area contributed by atoms with Gasteiger partial charge in [0, 0.05) is 18.5 Å². The molecule has 0 aromatic heterocycles. The second-order valence-electron chi connectivity index (χ2n) is 9.45. The quantitative estimate of drug-likeness (QED) is 0.136. The van der Waals surface area contributed by atoms with Crippen molar-refractivity contribution in [1.82, 2.24) is 10.6 Å². The smallest absolute Gasteiger partial charge is 0.341 e. The van der Waals surface area contributed by atoms with Crippen LogP contribution in [-0.2, 0) is 27.2 Å². The Labute approximate surface area is 230 Å². The van der Waals surface area contributed by atoms with Crippen LogP contribution in [0.3, 0.4) is 0 Å². The third-order valence-corrected chi connectivity index (χ3v) is 6.34. The fraction of sp³-hybridized carbons (Fsp3) is 0.345. The van der Waals surface area contributed by atoms with Crippen molar-refractivity contribution in [2.45, 2.75) is 51.1 Å². The fourth-order valence-electron chi connectivity index (χ4n) is 4.19. The van der Waals surface area contributed by atoms with E-state index in [-0.39, 0.29) is 29.7 Å². The van der Waals surface area contributed by atoms with E-state index >= 15 is 0 Å². The van der Waals surface area contributed by atoms with Crippen LogP contribution in [0.2, 0.25) is 0 Å². The summed E-state index contributed by atoms with van der Waals surface area (Å²) in [6.07, 6.45) is 2.89. The number of aliphatic carboxylic acids is 1. The van der Waals surface area contributed by atoms with Crippen LogP contribution < -0.4 is 32.0 Å². The molecule has 0 spiro atoms. The van der Waals surface area contributed by atoms with Crippen molar-refractivity contribution in [3.05, 3.63) is 80.1 Å². The van der Waals surface area contributed by atoms with Gasteiger partial charge in [0.15, 0.2) is 12.4 Å². The maximum atomic E-state index is 13.1.